The Bertz CT molecular complexity index is 1210. The van der Waals surface area contributed by atoms with Crippen molar-refractivity contribution in [2.75, 3.05) is 13.2 Å². The summed E-state index contributed by atoms with van der Waals surface area (Å²) < 4.78 is 17.0. The first kappa shape index (κ1) is 76.1. The van der Waals surface area contributed by atoms with Gasteiger partial charge in [0.2, 0.25) is 0 Å². The number of unbranched alkanes of at least 4 members (excludes halogenated alkanes) is 54. The number of carbonyl (C=O) groups is 3. The number of ether oxygens (including phenoxy) is 3. The predicted molar refractivity (Wildman–Crippen MR) is 340 cm³/mol. The molecule has 1 atom stereocenters. The van der Waals surface area contributed by atoms with Gasteiger partial charge in [-0.05, 0) is 44.9 Å². The number of hydrogen-bond acceptors (Lipinski definition) is 6. The largest absolute Gasteiger partial charge is 0.462 e. The fourth-order valence-electron chi connectivity index (χ4n) is 11.2. The van der Waals surface area contributed by atoms with Crippen molar-refractivity contribution >= 4 is 17.9 Å². The Hall–Kier alpha value is -1.85. The molecule has 0 aromatic rings. The van der Waals surface area contributed by atoms with Crippen LogP contribution in [0.15, 0.2) is 12.2 Å². The number of allylic oxidation sites excluding steroid dienone is 2. The van der Waals surface area contributed by atoms with Crippen LogP contribution < -0.4 is 0 Å². The number of hydrogen-bond donors (Lipinski definition) is 0. The van der Waals surface area contributed by atoms with Gasteiger partial charge in [-0.3, -0.25) is 14.4 Å². The summed E-state index contributed by atoms with van der Waals surface area (Å²) in [5, 5.41) is 0. The van der Waals surface area contributed by atoms with Crippen LogP contribution in [0.3, 0.4) is 0 Å². The second kappa shape index (κ2) is 67.7. The van der Waals surface area contributed by atoms with Crippen LogP contribution in [0.4, 0.5) is 0 Å². The van der Waals surface area contributed by atoms with Crippen molar-refractivity contribution in [1.29, 1.82) is 0 Å². The van der Waals surface area contributed by atoms with Crippen LogP contribution >= 0.6 is 0 Å². The van der Waals surface area contributed by atoms with E-state index in [1.165, 1.54) is 315 Å². The van der Waals surface area contributed by atoms with E-state index in [4.69, 9.17) is 14.2 Å². The molecule has 0 N–H and O–H groups in total. The maximum Gasteiger partial charge on any atom is 0.306 e. The van der Waals surface area contributed by atoms with Gasteiger partial charge in [0, 0.05) is 19.3 Å². The van der Waals surface area contributed by atoms with Gasteiger partial charge in [0.25, 0.3) is 0 Å². The third-order valence-electron chi connectivity index (χ3n) is 16.5. The highest BCUT2D eigenvalue weighted by Crippen LogP contribution is 2.19. The number of carbonyl (C=O) groups excluding carboxylic acids is 3. The third-order valence-corrected chi connectivity index (χ3v) is 16.5. The van der Waals surface area contributed by atoms with E-state index in [2.05, 4.69) is 32.9 Å². The molecule has 78 heavy (non-hydrogen) atoms. The Morgan fingerprint density at radius 1 is 0.244 bits per heavy atom. The van der Waals surface area contributed by atoms with Gasteiger partial charge in [0.15, 0.2) is 6.10 Å². The monoisotopic (exact) mass is 1100 g/mol. The van der Waals surface area contributed by atoms with Crippen LogP contribution in [0.25, 0.3) is 0 Å². The number of esters is 3. The van der Waals surface area contributed by atoms with E-state index < -0.39 is 6.10 Å². The minimum absolute atomic E-state index is 0.0652. The molecule has 0 aromatic carbocycles. The zero-order valence-electron chi connectivity index (χ0n) is 53.2. The van der Waals surface area contributed by atoms with Gasteiger partial charge in [-0.1, -0.05) is 360 Å². The van der Waals surface area contributed by atoms with E-state index in [9.17, 15) is 14.4 Å². The van der Waals surface area contributed by atoms with Crippen molar-refractivity contribution in [3.63, 3.8) is 0 Å². The van der Waals surface area contributed by atoms with Crippen LogP contribution in [0.5, 0.6) is 0 Å². The first-order valence-electron chi connectivity index (χ1n) is 35.7. The Labute approximate surface area is 488 Å². The highest BCUT2D eigenvalue weighted by Gasteiger charge is 2.19. The predicted octanol–water partition coefficient (Wildman–Crippen LogP) is 24.4. The first-order valence-corrected chi connectivity index (χ1v) is 35.7. The maximum absolute atomic E-state index is 12.9. The Balaban J connectivity index is 4.09. The lowest BCUT2D eigenvalue weighted by Gasteiger charge is -2.18. The molecule has 0 saturated carbocycles. The quantitative estimate of drug-likeness (QED) is 0.0261. The van der Waals surface area contributed by atoms with Crippen LogP contribution in [-0.2, 0) is 28.6 Å². The van der Waals surface area contributed by atoms with Crippen molar-refractivity contribution in [1.82, 2.24) is 0 Å². The summed E-state index contributed by atoms with van der Waals surface area (Å²) in [5.41, 5.74) is 0. The highest BCUT2D eigenvalue weighted by molar-refractivity contribution is 5.71. The molecule has 462 valence electrons. The average molecular weight is 1100 g/mol. The van der Waals surface area contributed by atoms with Crippen LogP contribution in [-0.4, -0.2) is 37.2 Å². The summed E-state index contributed by atoms with van der Waals surface area (Å²) in [6, 6.07) is 0. The molecule has 0 aliphatic rings. The van der Waals surface area contributed by atoms with Gasteiger partial charge in [-0.25, -0.2) is 0 Å². The third kappa shape index (κ3) is 65.0. The van der Waals surface area contributed by atoms with Crippen LogP contribution in [0, 0.1) is 0 Å². The van der Waals surface area contributed by atoms with E-state index in [0.29, 0.717) is 19.3 Å². The second-order valence-corrected chi connectivity index (χ2v) is 24.5. The second-order valence-electron chi connectivity index (χ2n) is 24.5. The van der Waals surface area contributed by atoms with E-state index in [1.54, 1.807) is 0 Å². The summed E-state index contributed by atoms with van der Waals surface area (Å²) in [6.45, 7) is 6.71. The molecule has 0 heterocycles. The zero-order valence-corrected chi connectivity index (χ0v) is 53.2. The molecule has 0 bridgehead atoms. The van der Waals surface area contributed by atoms with Crippen LogP contribution in [0.1, 0.15) is 412 Å². The molecule has 0 aromatic heterocycles. The fourth-order valence-corrected chi connectivity index (χ4v) is 11.2. The standard InChI is InChI=1S/C72H138O6/c1-4-7-10-13-16-19-22-25-27-29-30-31-32-33-34-35-36-37-38-39-40-41-42-44-45-47-50-53-56-59-62-65-71(74)77-68-69(67-76-70(73)64-61-58-55-52-49-24-21-18-15-12-9-6-3)78-72(75)66-63-60-57-54-51-48-46-43-28-26-23-20-17-14-11-8-5-2/h26,28,69H,4-25,27,29-68H2,1-3H3/b28-26-. The Morgan fingerprint density at radius 2 is 0.423 bits per heavy atom. The maximum atomic E-state index is 12.9. The zero-order chi connectivity index (χ0) is 56.4. The summed E-state index contributed by atoms with van der Waals surface area (Å²) in [5.74, 6) is -0.838. The topological polar surface area (TPSA) is 78.9 Å². The van der Waals surface area contributed by atoms with E-state index in [-0.39, 0.29) is 31.1 Å². The summed E-state index contributed by atoms with van der Waals surface area (Å²) >= 11 is 0. The van der Waals surface area contributed by atoms with Crippen molar-refractivity contribution in [2.45, 2.75) is 419 Å². The summed E-state index contributed by atoms with van der Waals surface area (Å²) in [7, 11) is 0. The van der Waals surface area contributed by atoms with Gasteiger partial charge < -0.3 is 14.2 Å². The molecule has 0 saturated heterocycles. The SMILES string of the molecule is CCCCCCCC/C=C\CCCCCCCCCC(=O)OC(COC(=O)CCCCCCCCCCCCCC)COC(=O)CCCCCCCCCCCCCCCCCCCCCCCCCCCCCCCCC. The molecular formula is C72H138O6. The minimum atomic E-state index is -0.768. The number of rotatable bonds is 67. The molecular weight excluding hydrogens is 961 g/mol. The van der Waals surface area contributed by atoms with E-state index in [1.807, 2.05) is 0 Å². The molecule has 6 heteroatoms. The average Bonchev–Trinajstić information content (AvgIpc) is 3.44. The van der Waals surface area contributed by atoms with Gasteiger partial charge in [0.1, 0.15) is 13.2 Å². The van der Waals surface area contributed by atoms with Crippen molar-refractivity contribution in [3.8, 4) is 0 Å². The molecule has 0 rings (SSSR count). The first-order chi connectivity index (χ1) is 38.5. The van der Waals surface area contributed by atoms with E-state index >= 15 is 0 Å². The summed E-state index contributed by atoms with van der Waals surface area (Å²) in [6.07, 6.45) is 81.2. The summed E-state index contributed by atoms with van der Waals surface area (Å²) in [4.78, 5) is 38.3. The molecule has 0 radical (unpaired) electrons. The van der Waals surface area contributed by atoms with Crippen molar-refractivity contribution < 1.29 is 28.6 Å². The fraction of sp³-hybridized carbons (Fsp3) is 0.931. The normalized spacial score (nSPS) is 12.0. The smallest absolute Gasteiger partial charge is 0.306 e. The van der Waals surface area contributed by atoms with Gasteiger partial charge in [0.05, 0.1) is 0 Å². The molecule has 0 spiro atoms. The molecule has 1 unspecified atom stereocenters. The lowest BCUT2D eigenvalue weighted by atomic mass is 10.0. The lowest BCUT2D eigenvalue weighted by Crippen LogP contribution is -2.30. The molecule has 0 fully saturated rings. The van der Waals surface area contributed by atoms with Crippen molar-refractivity contribution in [3.05, 3.63) is 12.2 Å². The van der Waals surface area contributed by atoms with Gasteiger partial charge >= 0.3 is 17.9 Å². The van der Waals surface area contributed by atoms with Gasteiger partial charge in [-0.15, -0.1) is 0 Å². The van der Waals surface area contributed by atoms with Gasteiger partial charge in [-0.2, -0.15) is 0 Å². The Morgan fingerprint density at radius 3 is 0.641 bits per heavy atom. The van der Waals surface area contributed by atoms with E-state index in [0.717, 1.165) is 57.8 Å². The highest BCUT2D eigenvalue weighted by atomic mass is 16.6. The van der Waals surface area contributed by atoms with Crippen LogP contribution in [0.2, 0.25) is 0 Å². The molecule has 0 aliphatic carbocycles. The molecule has 0 amide bonds. The lowest BCUT2D eigenvalue weighted by molar-refractivity contribution is -0.167. The molecule has 6 nitrogen and oxygen atoms in total. The minimum Gasteiger partial charge on any atom is -0.462 e. The Kier molecular flexibility index (Phi) is 66.0. The molecule has 0 aliphatic heterocycles. The van der Waals surface area contributed by atoms with Crippen molar-refractivity contribution in [2.24, 2.45) is 0 Å².